The van der Waals surface area contributed by atoms with Crippen molar-refractivity contribution in [3.05, 3.63) is 58.7 Å². The van der Waals surface area contributed by atoms with Crippen LogP contribution in [-0.4, -0.2) is 67.1 Å². The SMILES string of the molecule is CS(=O)(=O)N1CC2(CN(Cc3ccc4c(ccn4-c4cc(Cl)c(OCCCl)c(C#N)c4)c3)C2)C1. The molecule has 2 aliphatic heterocycles. The summed E-state index contributed by atoms with van der Waals surface area (Å²) in [5, 5.41) is 11.0. The first kappa shape index (κ1) is 23.5. The number of sulfonamides is 1. The molecule has 10 heteroatoms. The Morgan fingerprint density at radius 3 is 2.59 bits per heavy atom. The Balaban J connectivity index is 1.31. The van der Waals surface area contributed by atoms with Crippen molar-refractivity contribution in [1.82, 2.24) is 13.8 Å². The van der Waals surface area contributed by atoms with Crippen LogP contribution >= 0.6 is 23.2 Å². The van der Waals surface area contributed by atoms with Crippen LogP contribution < -0.4 is 4.74 Å². The lowest BCUT2D eigenvalue weighted by Crippen LogP contribution is -2.72. The molecular formula is C24H24Cl2N4O3S. The zero-order valence-electron chi connectivity index (χ0n) is 18.7. The van der Waals surface area contributed by atoms with Crippen LogP contribution in [0.1, 0.15) is 11.1 Å². The van der Waals surface area contributed by atoms with Crippen molar-refractivity contribution in [3.8, 4) is 17.5 Å². The second kappa shape index (κ2) is 8.74. The summed E-state index contributed by atoms with van der Waals surface area (Å²) < 4.78 is 32.4. The highest BCUT2D eigenvalue weighted by molar-refractivity contribution is 7.88. The van der Waals surface area contributed by atoms with Crippen molar-refractivity contribution in [1.29, 1.82) is 5.26 Å². The number of fused-ring (bicyclic) bond motifs is 1. The van der Waals surface area contributed by atoms with Gasteiger partial charge in [0.25, 0.3) is 0 Å². The molecule has 0 saturated carbocycles. The van der Waals surface area contributed by atoms with Gasteiger partial charge in [0.2, 0.25) is 10.0 Å². The van der Waals surface area contributed by atoms with E-state index in [9.17, 15) is 13.7 Å². The highest BCUT2D eigenvalue weighted by atomic mass is 35.5. The topological polar surface area (TPSA) is 78.6 Å². The van der Waals surface area contributed by atoms with Crippen molar-refractivity contribution in [2.45, 2.75) is 6.54 Å². The number of alkyl halides is 1. The lowest BCUT2D eigenvalue weighted by atomic mass is 9.74. The van der Waals surface area contributed by atoms with E-state index >= 15 is 0 Å². The third-order valence-corrected chi connectivity index (χ3v) is 8.15. The number of aromatic nitrogens is 1. The summed E-state index contributed by atoms with van der Waals surface area (Å²) in [6.45, 7) is 4.22. The average molecular weight is 519 g/mol. The Hall–Kier alpha value is -2.28. The summed E-state index contributed by atoms with van der Waals surface area (Å²) in [4.78, 5) is 2.36. The van der Waals surface area contributed by atoms with Gasteiger partial charge in [-0.2, -0.15) is 5.26 Å². The van der Waals surface area contributed by atoms with Crippen LogP contribution in [0.2, 0.25) is 5.02 Å². The van der Waals surface area contributed by atoms with Crippen LogP contribution in [0, 0.1) is 16.7 Å². The van der Waals surface area contributed by atoms with Crippen LogP contribution in [0.25, 0.3) is 16.6 Å². The van der Waals surface area contributed by atoms with Gasteiger partial charge in [0.05, 0.1) is 28.2 Å². The molecule has 2 saturated heterocycles. The molecule has 0 radical (unpaired) electrons. The van der Waals surface area contributed by atoms with Crippen molar-refractivity contribution >= 4 is 44.1 Å². The normalized spacial score (nSPS) is 17.9. The second-order valence-corrected chi connectivity index (χ2v) is 12.0. The fraction of sp³-hybridized carbons (Fsp3) is 0.375. The molecule has 1 aromatic heterocycles. The molecule has 2 aromatic carbocycles. The monoisotopic (exact) mass is 518 g/mol. The zero-order valence-corrected chi connectivity index (χ0v) is 21.0. The van der Waals surface area contributed by atoms with Crippen molar-refractivity contribution in [3.63, 3.8) is 0 Å². The maximum absolute atomic E-state index is 11.6. The standard InChI is InChI=1S/C24H24Cl2N4O3S/c1-34(31,32)29-15-24(16-29)13-28(14-24)12-17-2-3-22-18(8-17)4-6-30(22)20-9-19(11-27)23(21(26)10-20)33-7-5-25/h2-4,6,8-10H,5,7,12-16H2,1H3. The summed E-state index contributed by atoms with van der Waals surface area (Å²) in [5.41, 5.74) is 3.50. The van der Waals surface area contributed by atoms with Gasteiger partial charge in [0, 0.05) is 55.4 Å². The summed E-state index contributed by atoms with van der Waals surface area (Å²) in [6, 6.07) is 14.1. The molecule has 0 unspecified atom stereocenters. The van der Waals surface area contributed by atoms with Gasteiger partial charge >= 0.3 is 0 Å². The molecule has 0 N–H and O–H groups in total. The van der Waals surface area contributed by atoms with Gasteiger partial charge in [-0.1, -0.05) is 17.7 Å². The maximum atomic E-state index is 11.6. The number of nitriles is 1. The molecular weight excluding hydrogens is 495 g/mol. The quantitative estimate of drug-likeness (QED) is 0.444. The van der Waals surface area contributed by atoms with Crippen molar-refractivity contribution in [2.24, 2.45) is 5.41 Å². The Labute approximate surface area is 209 Å². The van der Waals surface area contributed by atoms with E-state index in [1.165, 1.54) is 11.8 Å². The van der Waals surface area contributed by atoms with Crippen molar-refractivity contribution < 1.29 is 13.2 Å². The van der Waals surface area contributed by atoms with Gasteiger partial charge in [-0.25, -0.2) is 12.7 Å². The van der Waals surface area contributed by atoms with Gasteiger partial charge in [0.15, 0.2) is 5.75 Å². The molecule has 1 spiro atoms. The van der Waals surface area contributed by atoms with Crippen LogP contribution in [0.15, 0.2) is 42.6 Å². The number of nitrogens with zero attached hydrogens (tertiary/aromatic N) is 4. The smallest absolute Gasteiger partial charge is 0.211 e. The Morgan fingerprint density at radius 1 is 1.15 bits per heavy atom. The molecule has 7 nitrogen and oxygen atoms in total. The van der Waals surface area contributed by atoms with E-state index in [-0.39, 0.29) is 12.0 Å². The highest BCUT2D eigenvalue weighted by Crippen LogP contribution is 2.41. The molecule has 3 aromatic rings. The molecule has 0 amide bonds. The summed E-state index contributed by atoms with van der Waals surface area (Å²) in [6.07, 6.45) is 3.24. The lowest BCUT2D eigenvalue weighted by molar-refractivity contribution is -0.0844. The molecule has 178 valence electrons. The van der Waals surface area contributed by atoms with Gasteiger partial charge in [0.1, 0.15) is 12.7 Å². The Bertz CT molecular complexity index is 1400. The first-order valence-corrected chi connectivity index (χ1v) is 13.7. The summed E-state index contributed by atoms with van der Waals surface area (Å²) >= 11 is 12.1. The minimum absolute atomic E-state index is 0.133. The van der Waals surface area contributed by atoms with Gasteiger partial charge in [-0.3, -0.25) is 4.90 Å². The van der Waals surface area contributed by atoms with Crippen LogP contribution in [0.3, 0.4) is 0 Å². The molecule has 2 fully saturated rings. The fourth-order valence-electron chi connectivity index (χ4n) is 5.01. The summed E-state index contributed by atoms with van der Waals surface area (Å²) in [7, 11) is -3.07. The van der Waals surface area contributed by atoms with Crippen LogP contribution in [0.4, 0.5) is 0 Å². The van der Waals surface area contributed by atoms with Gasteiger partial charge < -0.3 is 9.30 Å². The zero-order chi connectivity index (χ0) is 24.1. The summed E-state index contributed by atoms with van der Waals surface area (Å²) in [5.74, 6) is 0.663. The number of rotatable bonds is 7. The second-order valence-electron chi connectivity index (χ2n) is 9.21. The first-order valence-electron chi connectivity index (χ1n) is 10.9. The third kappa shape index (κ3) is 4.28. The number of hydrogen-bond acceptors (Lipinski definition) is 5. The molecule has 2 aliphatic rings. The highest BCUT2D eigenvalue weighted by Gasteiger charge is 2.53. The van der Waals surface area contributed by atoms with Crippen LogP contribution in [0.5, 0.6) is 5.75 Å². The van der Waals surface area contributed by atoms with Crippen molar-refractivity contribution in [2.75, 3.05) is 44.9 Å². The largest absolute Gasteiger partial charge is 0.489 e. The first-order chi connectivity index (χ1) is 16.2. The minimum Gasteiger partial charge on any atom is -0.489 e. The molecule has 0 bridgehead atoms. The van der Waals surface area contributed by atoms with E-state index in [4.69, 9.17) is 27.9 Å². The Morgan fingerprint density at radius 2 is 1.91 bits per heavy atom. The number of ether oxygens (including phenoxy) is 1. The average Bonchev–Trinajstić information content (AvgIpc) is 3.15. The van der Waals surface area contributed by atoms with Gasteiger partial charge in [-0.05, 0) is 35.9 Å². The van der Waals surface area contributed by atoms with E-state index in [0.29, 0.717) is 35.3 Å². The van der Waals surface area contributed by atoms with E-state index in [1.807, 2.05) is 16.8 Å². The predicted octanol–water partition coefficient (Wildman–Crippen LogP) is 3.85. The third-order valence-electron chi connectivity index (χ3n) is 6.52. The van der Waals surface area contributed by atoms with Crippen LogP contribution in [-0.2, 0) is 16.6 Å². The molecule has 3 heterocycles. The number of benzene rings is 2. The molecule has 0 atom stereocenters. The molecule has 34 heavy (non-hydrogen) atoms. The van der Waals surface area contributed by atoms with E-state index in [1.54, 1.807) is 16.4 Å². The van der Waals surface area contributed by atoms with Gasteiger partial charge in [-0.15, -0.1) is 11.6 Å². The number of hydrogen-bond donors (Lipinski definition) is 0. The lowest BCUT2D eigenvalue weighted by Gasteiger charge is -2.59. The number of likely N-dealkylation sites (tertiary alicyclic amines) is 1. The van der Waals surface area contributed by atoms with E-state index < -0.39 is 10.0 Å². The van der Waals surface area contributed by atoms with E-state index in [2.05, 4.69) is 29.2 Å². The Kier molecular flexibility index (Phi) is 6.03. The predicted molar refractivity (Wildman–Crippen MR) is 133 cm³/mol. The number of halogens is 2. The molecule has 5 rings (SSSR count). The fourth-order valence-corrected chi connectivity index (χ4v) is 6.37. The van der Waals surface area contributed by atoms with E-state index in [0.717, 1.165) is 36.2 Å². The minimum atomic E-state index is -3.07. The maximum Gasteiger partial charge on any atom is 0.211 e. The molecule has 0 aliphatic carbocycles.